The van der Waals surface area contributed by atoms with Crippen LogP contribution in [-0.2, 0) is 14.8 Å². The fourth-order valence-corrected chi connectivity index (χ4v) is 6.21. The number of halogens is 1. The minimum absolute atomic E-state index is 0. The smallest absolute Gasteiger partial charge is 0.349 e. The molecule has 0 amide bonds. The van der Waals surface area contributed by atoms with Crippen molar-refractivity contribution in [3.05, 3.63) is 29.1 Å². The number of hydrogen-bond acceptors (Lipinski definition) is 6. The summed E-state index contributed by atoms with van der Waals surface area (Å²) in [6.45, 7) is 3.43. The van der Waals surface area contributed by atoms with Crippen LogP contribution in [0.4, 0.5) is 0 Å². The Morgan fingerprint density at radius 2 is 2.08 bits per heavy atom. The van der Waals surface area contributed by atoms with Gasteiger partial charge in [-0.1, -0.05) is 18.2 Å². The lowest BCUT2D eigenvalue weighted by Crippen LogP contribution is -2.52. The third-order valence-corrected chi connectivity index (χ3v) is 7.31. The van der Waals surface area contributed by atoms with Gasteiger partial charge in [0.2, 0.25) is 10.0 Å². The van der Waals surface area contributed by atoms with Gasteiger partial charge in [0, 0.05) is 35.8 Å². The normalized spacial score (nSPS) is 19.0. The van der Waals surface area contributed by atoms with E-state index in [1.165, 1.54) is 11.4 Å². The van der Waals surface area contributed by atoms with Crippen LogP contribution in [0.2, 0.25) is 0 Å². The number of carbonyl (C=O) groups excluding carboxylic acids is 1. The molecule has 9 heteroatoms. The van der Waals surface area contributed by atoms with Gasteiger partial charge < -0.3 is 10.1 Å². The highest BCUT2D eigenvalue weighted by Crippen LogP contribution is 2.37. The van der Waals surface area contributed by atoms with Crippen molar-refractivity contribution in [2.75, 3.05) is 26.7 Å². The summed E-state index contributed by atoms with van der Waals surface area (Å²) in [6, 6.07) is 6.97. The molecule has 1 aliphatic heterocycles. The van der Waals surface area contributed by atoms with Gasteiger partial charge in [0.15, 0.2) is 0 Å². The van der Waals surface area contributed by atoms with E-state index in [0.717, 1.165) is 16.0 Å². The quantitative estimate of drug-likeness (QED) is 0.812. The van der Waals surface area contributed by atoms with Gasteiger partial charge in [-0.3, -0.25) is 0 Å². The summed E-state index contributed by atoms with van der Waals surface area (Å²) in [5.74, 6) is -0.618. The van der Waals surface area contributed by atoms with Gasteiger partial charge in [0.1, 0.15) is 9.77 Å². The van der Waals surface area contributed by atoms with E-state index in [2.05, 4.69) is 5.32 Å². The molecule has 0 spiro atoms. The van der Waals surface area contributed by atoms with Gasteiger partial charge in [-0.15, -0.1) is 23.7 Å². The van der Waals surface area contributed by atoms with Crippen LogP contribution < -0.4 is 5.32 Å². The van der Waals surface area contributed by atoms with Crippen LogP contribution in [0.3, 0.4) is 0 Å². The molecule has 1 fully saturated rings. The molecule has 1 aliphatic rings. The number of nitrogens with zero attached hydrogens (tertiary/aromatic N) is 1. The first-order chi connectivity index (χ1) is 11.0. The van der Waals surface area contributed by atoms with Crippen LogP contribution in [0.15, 0.2) is 29.2 Å². The molecule has 1 aromatic heterocycles. The van der Waals surface area contributed by atoms with Crippen molar-refractivity contribution in [3.8, 4) is 0 Å². The molecule has 2 aromatic rings. The van der Waals surface area contributed by atoms with E-state index >= 15 is 0 Å². The van der Waals surface area contributed by atoms with E-state index in [-0.39, 0.29) is 28.2 Å². The first-order valence-corrected chi connectivity index (χ1v) is 9.55. The zero-order valence-corrected chi connectivity index (χ0v) is 15.8. The fourth-order valence-electron chi connectivity index (χ4n) is 2.80. The van der Waals surface area contributed by atoms with Gasteiger partial charge in [-0.2, -0.15) is 4.31 Å². The molecule has 2 heterocycles. The van der Waals surface area contributed by atoms with Crippen molar-refractivity contribution in [1.29, 1.82) is 0 Å². The second kappa shape index (κ2) is 7.37. The SMILES string of the molecule is COC(=O)c1sc2ccccc2c1S(=O)(=O)N1CCNCC1C.Cl. The van der Waals surface area contributed by atoms with Gasteiger partial charge in [-0.25, -0.2) is 13.2 Å². The largest absolute Gasteiger partial charge is 0.465 e. The summed E-state index contributed by atoms with van der Waals surface area (Å²) in [6.07, 6.45) is 0. The zero-order valence-electron chi connectivity index (χ0n) is 13.3. The Morgan fingerprint density at radius 1 is 1.38 bits per heavy atom. The number of piperazine rings is 1. The maximum Gasteiger partial charge on any atom is 0.349 e. The molecule has 6 nitrogen and oxygen atoms in total. The lowest BCUT2D eigenvalue weighted by Gasteiger charge is -2.32. The van der Waals surface area contributed by atoms with Gasteiger partial charge in [-0.05, 0) is 13.0 Å². The molecule has 24 heavy (non-hydrogen) atoms. The Morgan fingerprint density at radius 3 is 2.75 bits per heavy atom. The molecule has 1 aromatic carbocycles. The first kappa shape index (κ1) is 19.1. The topological polar surface area (TPSA) is 75.7 Å². The maximum absolute atomic E-state index is 13.2. The van der Waals surface area contributed by atoms with Crippen molar-refractivity contribution in [2.45, 2.75) is 17.9 Å². The number of ether oxygens (including phenoxy) is 1. The van der Waals surface area contributed by atoms with E-state index in [9.17, 15) is 13.2 Å². The summed E-state index contributed by atoms with van der Waals surface area (Å²) in [4.78, 5) is 12.3. The summed E-state index contributed by atoms with van der Waals surface area (Å²) >= 11 is 1.15. The Kier molecular flexibility index (Phi) is 5.87. The third-order valence-electron chi connectivity index (χ3n) is 3.93. The number of carbonyl (C=O) groups is 1. The number of esters is 1. The molecule has 0 aliphatic carbocycles. The van der Waals surface area contributed by atoms with E-state index in [4.69, 9.17) is 4.74 Å². The van der Waals surface area contributed by atoms with Crippen molar-refractivity contribution in [3.63, 3.8) is 0 Å². The average Bonchev–Trinajstić information content (AvgIpc) is 2.94. The molecule has 1 N–H and O–H groups in total. The summed E-state index contributed by atoms with van der Waals surface area (Å²) in [5.41, 5.74) is 0. The highest BCUT2D eigenvalue weighted by atomic mass is 35.5. The molecule has 3 rings (SSSR count). The number of sulfonamides is 1. The number of rotatable bonds is 3. The summed E-state index contributed by atoms with van der Waals surface area (Å²) in [7, 11) is -2.52. The number of benzene rings is 1. The Bertz CT molecular complexity index is 850. The fraction of sp³-hybridized carbons (Fsp3) is 0.400. The lowest BCUT2D eigenvalue weighted by atomic mass is 10.2. The minimum atomic E-state index is -3.78. The minimum Gasteiger partial charge on any atom is -0.465 e. The van der Waals surface area contributed by atoms with Crippen molar-refractivity contribution in [2.24, 2.45) is 0 Å². The van der Waals surface area contributed by atoms with Gasteiger partial charge in [0.05, 0.1) is 7.11 Å². The molecular weight excluding hydrogens is 372 g/mol. The van der Waals surface area contributed by atoms with Crippen LogP contribution >= 0.6 is 23.7 Å². The molecule has 1 atom stereocenters. The molecule has 1 unspecified atom stereocenters. The van der Waals surface area contributed by atoms with E-state index in [1.54, 1.807) is 12.1 Å². The molecule has 0 saturated carbocycles. The number of thiophene rings is 1. The lowest BCUT2D eigenvalue weighted by molar-refractivity contribution is 0.0602. The van der Waals surface area contributed by atoms with Gasteiger partial charge in [0.25, 0.3) is 0 Å². The Labute approximate surface area is 151 Å². The van der Waals surface area contributed by atoms with Crippen LogP contribution in [0.25, 0.3) is 10.1 Å². The standard InChI is InChI=1S/C15H18N2O4S2.ClH/c1-10-9-16-7-8-17(10)23(19,20)14-11-5-3-4-6-12(11)22-13(14)15(18)21-2;/h3-6,10,16H,7-9H2,1-2H3;1H. The molecule has 132 valence electrons. The van der Waals surface area contributed by atoms with Crippen LogP contribution in [0, 0.1) is 0 Å². The monoisotopic (exact) mass is 390 g/mol. The van der Waals surface area contributed by atoms with Crippen molar-refractivity contribution < 1.29 is 17.9 Å². The predicted molar refractivity (Wildman–Crippen MR) is 96.6 cm³/mol. The van der Waals surface area contributed by atoms with Crippen LogP contribution in [-0.4, -0.2) is 51.5 Å². The average molecular weight is 391 g/mol. The zero-order chi connectivity index (χ0) is 16.6. The summed E-state index contributed by atoms with van der Waals surface area (Å²) < 4.78 is 33.4. The van der Waals surface area contributed by atoms with Crippen LogP contribution in [0.1, 0.15) is 16.6 Å². The van der Waals surface area contributed by atoms with E-state index in [1.807, 2.05) is 19.1 Å². The Balaban J connectivity index is 0.00000208. The van der Waals surface area contributed by atoms with Crippen molar-refractivity contribution in [1.82, 2.24) is 9.62 Å². The number of fused-ring (bicyclic) bond motifs is 1. The van der Waals surface area contributed by atoms with E-state index < -0.39 is 16.0 Å². The van der Waals surface area contributed by atoms with E-state index in [0.29, 0.717) is 25.0 Å². The summed E-state index contributed by atoms with van der Waals surface area (Å²) in [5, 5.41) is 3.75. The number of nitrogens with one attached hydrogen (secondary N) is 1. The first-order valence-electron chi connectivity index (χ1n) is 7.29. The molecule has 0 bridgehead atoms. The van der Waals surface area contributed by atoms with Gasteiger partial charge >= 0.3 is 5.97 Å². The predicted octanol–water partition coefficient (Wildman–Crippen LogP) is 2.09. The third kappa shape index (κ3) is 3.16. The van der Waals surface area contributed by atoms with Crippen molar-refractivity contribution >= 4 is 49.8 Å². The molecular formula is C15H19ClN2O4S2. The highest BCUT2D eigenvalue weighted by Gasteiger charge is 2.36. The molecule has 0 radical (unpaired) electrons. The Hall–Kier alpha value is -1.19. The maximum atomic E-state index is 13.2. The second-order valence-corrected chi connectivity index (χ2v) is 8.30. The molecule has 1 saturated heterocycles. The number of hydrogen-bond donors (Lipinski definition) is 1. The number of methoxy groups -OCH3 is 1. The van der Waals surface area contributed by atoms with Crippen LogP contribution in [0.5, 0.6) is 0 Å². The highest BCUT2D eigenvalue weighted by molar-refractivity contribution is 7.89. The second-order valence-electron chi connectivity index (χ2n) is 5.42.